The molecule has 0 atom stereocenters. The first-order chi connectivity index (χ1) is 16.5. The average Bonchev–Trinajstić information content (AvgIpc) is 3.26. The van der Waals surface area contributed by atoms with Gasteiger partial charge < -0.3 is 25.1 Å². The molecule has 2 heterocycles. The zero-order chi connectivity index (χ0) is 24.7. The van der Waals surface area contributed by atoms with Crippen LogP contribution in [0.2, 0.25) is 0 Å². The van der Waals surface area contributed by atoms with Crippen LogP contribution in [0.15, 0.2) is 35.7 Å². The quantitative estimate of drug-likeness (QED) is 0.410. The number of ether oxygens (including phenoxy) is 2. The maximum absolute atomic E-state index is 14.9. The van der Waals surface area contributed by atoms with Crippen molar-refractivity contribution < 1.29 is 18.3 Å². The van der Waals surface area contributed by atoms with Gasteiger partial charge >= 0.3 is 0 Å². The van der Waals surface area contributed by atoms with Gasteiger partial charge in [-0.3, -0.25) is 4.99 Å². The van der Waals surface area contributed by atoms with Gasteiger partial charge in [0.1, 0.15) is 5.65 Å². The number of H-pyrrole nitrogens is 1. The third kappa shape index (κ3) is 5.36. The average molecular weight is 472 g/mol. The molecule has 1 aromatic carbocycles. The Bertz CT molecular complexity index is 1160. The van der Waals surface area contributed by atoms with Gasteiger partial charge in [0.2, 0.25) is 0 Å². The minimum Gasteiger partial charge on any atom is -0.494 e. The fourth-order valence-electron chi connectivity index (χ4n) is 3.76. The van der Waals surface area contributed by atoms with Gasteiger partial charge in [0, 0.05) is 65.9 Å². The molecule has 0 fully saturated rings. The molecule has 3 rings (SSSR count). The minimum absolute atomic E-state index is 0.0179. The summed E-state index contributed by atoms with van der Waals surface area (Å²) in [5.74, 6) is -1.69. The topological polar surface area (TPSA) is 88.8 Å². The van der Waals surface area contributed by atoms with Gasteiger partial charge in [-0.2, -0.15) is 0 Å². The van der Waals surface area contributed by atoms with Gasteiger partial charge in [-0.05, 0) is 24.7 Å². The lowest BCUT2D eigenvalue weighted by Gasteiger charge is -2.15. The summed E-state index contributed by atoms with van der Waals surface area (Å²) in [6.45, 7) is 7.70. The van der Waals surface area contributed by atoms with Crippen LogP contribution in [-0.2, 0) is 6.42 Å². The van der Waals surface area contributed by atoms with Gasteiger partial charge in [-0.1, -0.05) is 13.8 Å². The lowest BCUT2D eigenvalue weighted by Crippen LogP contribution is -2.25. The van der Waals surface area contributed by atoms with Crippen LogP contribution in [0.25, 0.3) is 16.6 Å². The molecule has 3 N–H and O–H groups in total. The minimum atomic E-state index is -0.762. The van der Waals surface area contributed by atoms with Crippen LogP contribution in [0.3, 0.4) is 0 Å². The standard InChI is InChI=1S/C25H31F2N5O2/c1-5-32(6-2)8-7-29-13-18(12-28)16-9-19-17(15-31-25(19)30-14-16)10-20-23(26)21(33-3)11-22(34-4)24(20)27/h9,11-15H,5-8,10,28H2,1-4H3,(H,30,31). The molecule has 182 valence electrons. The molecule has 0 radical (unpaired) electrons. The second kappa shape index (κ2) is 11.6. The second-order valence-electron chi connectivity index (χ2n) is 7.68. The molecule has 2 aromatic heterocycles. The summed E-state index contributed by atoms with van der Waals surface area (Å²) < 4.78 is 39.9. The first kappa shape index (κ1) is 25.2. The summed E-state index contributed by atoms with van der Waals surface area (Å²) in [6.07, 6.45) is 6.56. The Balaban J connectivity index is 1.90. The van der Waals surface area contributed by atoms with Crippen LogP contribution in [0.1, 0.15) is 30.5 Å². The molecule has 0 bridgehead atoms. The number of aromatic nitrogens is 2. The van der Waals surface area contributed by atoms with Gasteiger partial charge in [-0.15, -0.1) is 0 Å². The molecule has 0 aliphatic heterocycles. The number of aliphatic imine (C=N–C) groups is 1. The van der Waals surface area contributed by atoms with E-state index in [1.165, 1.54) is 26.5 Å². The first-order valence-corrected chi connectivity index (χ1v) is 11.2. The van der Waals surface area contributed by atoms with Crippen molar-refractivity contribution in [3.05, 3.63) is 59.1 Å². The summed E-state index contributed by atoms with van der Waals surface area (Å²) in [5, 5.41) is 0.731. The fraction of sp³-hybridized carbons (Fsp3) is 0.360. The monoisotopic (exact) mass is 471 g/mol. The van der Waals surface area contributed by atoms with E-state index in [-0.39, 0.29) is 23.5 Å². The molecule has 0 spiro atoms. The molecule has 0 aliphatic rings. The van der Waals surface area contributed by atoms with E-state index in [1.54, 1.807) is 18.6 Å². The highest BCUT2D eigenvalue weighted by Crippen LogP contribution is 2.34. The summed E-state index contributed by atoms with van der Waals surface area (Å²) in [4.78, 5) is 14.3. The highest BCUT2D eigenvalue weighted by atomic mass is 19.1. The van der Waals surface area contributed by atoms with Crippen LogP contribution in [-0.4, -0.2) is 61.5 Å². The number of allylic oxidation sites excluding steroid dienone is 1. The van der Waals surface area contributed by atoms with E-state index in [4.69, 9.17) is 15.2 Å². The van der Waals surface area contributed by atoms with Gasteiger partial charge in [0.15, 0.2) is 23.1 Å². The zero-order valence-electron chi connectivity index (χ0n) is 20.0. The normalized spacial score (nSPS) is 12.3. The van der Waals surface area contributed by atoms with Crippen molar-refractivity contribution in [2.75, 3.05) is 40.4 Å². The molecular formula is C25H31F2N5O2. The van der Waals surface area contributed by atoms with Crippen molar-refractivity contribution in [1.82, 2.24) is 14.9 Å². The van der Waals surface area contributed by atoms with Crippen LogP contribution in [0.4, 0.5) is 8.78 Å². The molecule has 0 amide bonds. The number of nitrogens with two attached hydrogens (primary N) is 1. The number of methoxy groups -OCH3 is 2. The van der Waals surface area contributed by atoms with E-state index in [9.17, 15) is 8.78 Å². The van der Waals surface area contributed by atoms with Crippen molar-refractivity contribution in [1.29, 1.82) is 0 Å². The summed E-state index contributed by atoms with van der Waals surface area (Å²) in [7, 11) is 2.65. The van der Waals surface area contributed by atoms with Crippen molar-refractivity contribution in [2.45, 2.75) is 20.3 Å². The van der Waals surface area contributed by atoms with Crippen molar-refractivity contribution in [3.63, 3.8) is 0 Å². The summed E-state index contributed by atoms with van der Waals surface area (Å²) in [6, 6.07) is 3.08. The number of pyridine rings is 1. The number of hydrogen-bond donors (Lipinski definition) is 2. The van der Waals surface area contributed by atoms with E-state index in [0.29, 0.717) is 23.3 Å². The molecule has 34 heavy (non-hydrogen) atoms. The van der Waals surface area contributed by atoms with Gasteiger partial charge in [0.25, 0.3) is 0 Å². The Hall–Kier alpha value is -3.46. The maximum atomic E-state index is 14.9. The number of halogens is 2. The Morgan fingerprint density at radius 2 is 1.82 bits per heavy atom. The van der Waals surface area contributed by atoms with Gasteiger partial charge in [-0.25, -0.2) is 13.8 Å². The largest absolute Gasteiger partial charge is 0.494 e. The summed E-state index contributed by atoms with van der Waals surface area (Å²) >= 11 is 0. The third-order valence-corrected chi connectivity index (χ3v) is 5.83. The molecular weight excluding hydrogens is 440 g/mol. The smallest absolute Gasteiger partial charge is 0.171 e. The summed E-state index contributed by atoms with van der Waals surface area (Å²) in [5.41, 5.74) is 8.45. The molecule has 7 nitrogen and oxygen atoms in total. The van der Waals surface area contributed by atoms with Crippen molar-refractivity contribution in [2.24, 2.45) is 10.7 Å². The molecule has 0 saturated carbocycles. The SMILES string of the molecule is CCN(CC)CCN=CC(=CN)c1cnc2[nH]cc(Cc3c(F)c(OC)cc(OC)c3F)c2c1. The Morgan fingerprint density at radius 1 is 1.15 bits per heavy atom. The highest BCUT2D eigenvalue weighted by molar-refractivity contribution is 6.10. The maximum Gasteiger partial charge on any atom is 0.171 e. The number of nitrogens with one attached hydrogen (secondary N) is 1. The van der Waals surface area contributed by atoms with E-state index in [0.717, 1.165) is 30.6 Å². The number of benzene rings is 1. The number of aromatic amines is 1. The van der Waals surface area contributed by atoms with E-state index >= 15 is 0 Å². The first-order valence-electron chi connectivity index (χ1n) is 11.2. The molecule has 0 saturated heterocycles. The lowest BCUT2D eigenvalue weighted by atomic mass is 10.0. The fourth-order valence-corrected chi connectivity index (χ4v) is 3.76. The van der Waals surface area contributed by atoms with Crippen LogP contribution in [0, 0.1) is 11.6 Å². The van der Waals surface area contributed by atoms with E-state index in [2.05, 4.69) is 33.7 Å². The Labute approximate surface area is 198 Å². The van der Waals surface area contributed by atoms with Crippen LogP contribution >= 0.6 is 0 Å². The zero-order valence-corrected chi connectivity index (χ0v) is 20.0. The third-order valence-electron chi connectivity index (χ3n) is 5.83. The predicted molar refractivity (Wildman–Crippen MR) is 132 cm³/mol. The lowest BCUT2D eigenvalue weighted by molar-refractivity contribution is 0.313. The van der Waals surface area contributed by atoms with E-state index < -0.39 is 11.6 Å². The van der Waals surface area contributed by atoms with E-state index in [1.807, 2.05) is 6.07 Å². The van der Waals surface area contributed by atoms with Crippen molar-refractivity contribution >= 4 is 22.8 Å². The Kier molecular flexibility index (Phi) is 8.59. The number of nitrogens with zero attached hydrogens (tertiary/aromatic N) is 3. The predicted octanol–water partition coefficient (Wildman–Crippen LogP) is 4.16. The number of hydrogen-bond acceptors (Lipinski definition) is 6. The second-order valence-corrected chi connectivity index (χ2v) is 7.68. The van der Waals surface area contributed by atoms with Crippen LogP contribution < -0.4 is 15.2 Å². The number of rotatable bonds is 11. The number of likely N-dealkylation sites (N-methyl/N-ethyl adjacent to an activating group) is 1. The molecule has 0 aliphatic carbocycles. The number of fused-ring (bicyclic) bond motifs is 1. The van der Waals surface area contributed by atoms with Gasteiger partial charge in [0.05, 0.1) is 20.8 Å². The molecule has 3 aromatic rings. The Morgan fingerprint density at radius 3 is 2.41 bits per heavy atom. The van der Waals surface area contributed by atoms with Crippen LogP contribution in [0.5, 0.6) is 11.5 Å². The molecule has 9 heteroatoms. The highest BCUT2D eigenvalue weighted by Gasteiger charge is 2.21. The molecule has 0 unspecified atom stereocenters. The van der Waals surface area contributed by atoms with Crippen molar-refractivity contribution in [3.8, 4) is 11.5 Å².